The van der Waals surface area contributed by atoms with Crippen molar-refractivity contribution in [3.05, 3.63) is 65.5 Å². The molecule has 23 heavy (non-hydrogen) atoms. The summed E-state index contributed by atoms with van der Waals surface area (Å²) in [6.07, 6.45) is -3.69. The number of nitrogens with zero attached hydrogens (tertiary/aromatic N) is 2. The van der Waals surface area contributed by atoms with Crippen molar-refractivity contribution in [2.75, 3.05) is 0 Å². The number of hydrogen-bond donors (Lipinski definition) is 1. The third-order valence-corrected chi connectivity index (χ3v) is 3.51. The van der Waals surface area contributed by atoms with E-state index in [1.807, 2.05) is 36.4 Å². The van der Waals surface area contributed by atoms with Gasteiger partial charge in [-0.3, -0.25) is 9.48 Å². The van der Waals surface area contributed by atoms with Crippen LogP contribution in [0.2, 0.25) is 0 Å². The van der Waals surface area contributed by atoms with Crippen LogP contribution in [-0.4, -0.2) is 15.7 Å². The molecule has 0 fully saturated rings. The lowest BCUT2D eigenvalue weighted by molar-refractivity contribution is -0.141. The number of halogens is 3. The van der Waals surface area contributed by atoms with Crippen LogP contribution in [0.15, 0.2) is 48.7 Å². The van der Waals surface area contributed by atoms with E-state index in [4.69, 9.17) is 5.73 Å². The highest BCUT2D eigenvalue weighted by Gasteiger charge is 2.38. The molecule has 0 saturated carbocycles. The Balaban J connectivity index is 2.04. The summed E-state index contributed by atoms with van der Waals surface area (Å²) in [5.41, 5.74) is 3.93. The molecule has 4 nitrogen and oxygen atoms in total. The highest BCUT2D eigenvalue weighted by molar-refractivity contribution is 5.94. The zero-order valence-corrected chi connectivity index (χ0v) is 11.8. The Morgan fingerprint density at radius 1 is 1.13 bits per heavy atom. The Kier molecular flexibility index (Phi) is 3.55. The van der Waals surface area contributed by atoms with Crippen molar-refractivity contribution >= 4 is 16.7 Å². The Morgan fingerprint density at radius 3 is 2.48 bits per heavy atom. The summed E-state index contributed by atoms with van der Waals surface area (Å²) in [6.45, 7) is 0.109. The van der Waals surface area contributed by atoms with Crippen LogP contribution in [0.3, 0.4) is 0 Å². The number of carbonyl (C=O) groups is 1. The number of carbonyl (C=O) groups excluding carboxylic acids is 1. The van der Waals surface area contributed by atoms with E-state index in [0.29, 0.717) is 0 Å². The van der Waals surface area contributed by atoms with Crippen molar-refractivity contribution in [1.29, 1.82) is 0 Å². The van der Waals surface area contributed by atoms with Gasteiger partial charge in [-0.25, -0.2) is 0 Å². The molecule has 2 N–H and O–H groups in total. The lowest BCUT2D eigenvalue weighted by Crippen LogP contribution is -2.17. The molecule has 3 aromatic rings. The maximum absolute atomic E-state index is 12.9. The fraction of sp³-hybridized carbons (Fsp3) is 0.125. The van der Waals surface area contributed by atoms with Crippen molar-refractivity contribution in [3.8, 4) is 0 Å². The SMILES string of the molecule is NC(=O)c1cn(Cc2cccc3ccccc23)nc1C(F)(F)F. The lowest BCUT2D eigenvalue weighted by atomic mass is 10.0. The minimum absolute atomic E-state index is 0.109. The van der Waals surface area contributed by atoms with Crippen LogP contribution in [-0.2, 0) is 12.7 Å². The van der Waals surface area contributed by atoms with Crippen LogP contribution in [0.4, 0.5) is 13.2 Å². The summed E-state index contributed by atoms with van der Waals surface area (Å²) in [5.74, 6) is -1.15. The molecular formula is C16H12F3N3O. The van der Waals surface area contributed by atoms with Crippen molar-refractivity contribution in [1.82, 2.24) is 9.78 Å². The highest BCUT2D eigenvalue weighted by atomic mass is 19.4. The molecule has 0 aliphatic carbocycles. The molecule has 1 aromatic heterocycles. The van der Waals surface area contributed by atoms with Crippen molar-refractivity contribution in [2.45, 2.75) is 12.7 Å². The average molecular weight is 319 g/mol. The quantitative estimate of drug-likeness (QED) is 0.806. The largest absolute Gasteiger partial charge is 0.435 e. The van der Waals surface area contributed by atoms with Gasteiger partial charge in [-0.2, -0.15) is 18.3 Å². The fourth-order valence-electron chi connectivity index (χ4n) is 2.50. The Morgan fingerprint density at radius 2 is 1.83 bits per heavy atom. The molecule has 0 spiro atoms. The highest BCUT2D eigenvalue weighted by Crippen LogP contribution is 2.31. The van der Waals surface area contributed by atoms with Gasteiger partial charge in [-0.05, 0) is 16.3 Å². The normalized spacial score (nSPS) is 11.8. The smallest absolute Gasteiger partial charge is 0.365 e. The minimum atomic E-state index is -4.73. The molecule has 2 aromatic carbocycles. The van der Waals surface area contributed by atoms with Gasteiger partial charge in [0.15, 0.2) is 5.69 Å². The van der Waals surface area contributed by atoms with Crippen molar-refractivity contribution < 1.29 is 18.0 Å². The number of nitrogens with two attached hydrogens (primary N) is 1. The van der Waals surface area contributed by atoms with Crippen LogP contribution in [0.25, 0.3) is 10.8 Å². The summed E-state index contributed by atoms with van der Waals surface area (Å²) >= 11 is 0. The Labute approximate surface area is 129 Å². The maximum Gasteiger partial charge on any atom is 0.435 e. The van der Waals surface area contributed by atoms with E-state index < -0.39 is 23.3 Å². The van der Waals surface area contributed by atoms with E-state index in [1.165, 1.54) is 0 Å². The van der Waals surface area contributed by atoms with Gasteiger partial charge in [0.25, 0.3) is 5.91 Å². The molecule has 118 valence electrons. The molecule has 0 atom stereocenters. The maximum atomic E-state index is 12.9. The summed E-state index contributed by atoms with van der Waals surface area (Å²) in [5, 5.41) is 5.39. The molecule has 0 radical (unpaired) electrons. The first-order valence-electron chi connectivity index (χ1n) is 6.77. The number of amides is 1. The van der Waals surface area contributed by atoms with E-state index in [9.17, 15) is 18.0 Å². The van der Waals surface area contributed by atoms with Gasteiger partial charge in [0.1, 0.15) is 0 Å². The predicted molar refractivity (Wildman–Crippen MR) is 78.8 cm³/mol. The number of aromatic nitrogens is 2. The van der Waals surface area contributed by atoms with E-state index >= 15 is 0 Å². The molecule has 0 bridgehead atoms. The van der Waals surface area contributed by atoms with Crippen LogP contribution >= 0.6 is 0 Å². The van der Waals surface area contributed by atoms with Gasteiger partial charge in [0.05, 0.1) is 12.1 Å². The van der Waals surface area contributed by atoms with E-state index in [-0.39, 0.29) is 6.54 Å². The van der Waals surface area contributed by atoms with Gasteiger partial charge >= 0.3 is 6.18 Å². The van der Waals surface area contributed by atoms with E-state index in [0.717, 1.165) is 27.2 Å². The zero-order chi connectivity index (χ0) is 16.6. The molecule has 3 rings (SSSR count). The summed E-state index contributed by atoms with van der Waals surface area (Å²) in [7, 11) is 0. The third-order valence-electron chi connectivity index (χ3n) is 3.51. The van der Waals surface area contributed by atoms with Crippen LogP contribution in [0.1, 0.15) is 21.6 Å². The van der Waals surface area contributed by atoms with Gasteiger partial charge < -0.3 is 5.73 Å². The number of benzene rings is 2. The zero-order valence-electron chi connectivity index (χ0n) is 11.8. The topological polar surface area (TPSA) is 60.9 Å². The number of rotatable bonds is 3. The van der Waals surface area contributed by atoms with Crippen molar-refractivity contribution in [2.24, 2.45) is 5.73 Å². The third kappa shape index (κ3) is 2.90. The molecule has 1 heterocycles. The number of fused-ring (bicyclic) bond motifs is 1. The Hall–Kier alpha value is -2.83. The molecule has 0 aliphatic rings. The van der Waals surface area contributed by atoms with Crippen LogP contribution in [0.5, 0.6) is 0 Å². The summed E-state index contributed by atoms with van der Waals surface area (Å²) in [6, 6.07) is 13.1. The molecular weight excluding hydrogens is 307 g/mol. The molecule has 0 aliphatic heterocycles. The second-order valence-corrected chi connectivity index (χ2v) is 5.09. The lowest BCUT2D eigenvalue weighted by Gasteiger charge is -2.07. The fourth-order valence-corrected chi connectivity index (χ4v) is 2.50. The first kappa shape index (κ1) is 15.1. The second-order valence-electron chi connectivity index (χ2n) is 5.09. The van der Waals surface area contributed by atoms with Gasteiger partial charge in [0.2, 0.25) is 0 Å². The number of hydrogen-bond acceptors (Lipinski definition) is 2. The van der Waals surface area contributed by atoms with Crippen LogP contribution < -0.4 is 5.73 Å². The van der Waals surface area contributed by atoms with Crippen molar-refractivity contribution in [3.63, 3.8) is 0 Å². The molecule has 7 heteroatoms. The Bertz CT molecular complexity index is 878. The molecule has 0 saturated heterocycles. The monoisotopic (exact) mass is 319 g/mol. The van der Waals surface area contributed by atoms with E-state index in [2.05, 4.69) is 5.10 Å². The van der Waals surface area contributed by atoms with Gasteiger partial charge in [-0.15, -0.1) is 0 Å². The summed E-state index contributed by atoms with van der Waals surface area (Å²) < 4.78 is 39.9. The predicted octanol–water partition coefficient (Wildman–Crippen LogP) is 3.20. The standard InChI is InChI=1S/C16H12F3N3O/c17-16(18,19)14-13(15(20)23)9-22(21-14)8-11-6-3-5-10-4-1-2-7-12(10)11/h1-7,9H,8H2,(H2,20,23). The minimum Gasteiger partial charge on any atom is -0.365 e. The van der Waals surface area contributed by atoms with Gasteiger partial charge in [-0.1, -0.05) is 42.5 Å². The first-order chi connectivity index (χ1) is 10.9. The number of alkyl halides is 3. The van der Waals surface area contributed by atoms with Gasteiger partial charge in [0, 0.05) is 6.20 Å². The van der Waals surface area contributed by atoms with Crippen LogP contribution in [0, 0.1) is 0 Å². The molecule has 1 amide bonds. The first-order valence-corrected chi connectivity index (χ1v) is 6.77. The van der Waals surface area contributed by atoms with E-state index in [1.54, 1.807) is 6.07 Å². The number of primary amides is 1. The molecule has 0 unspecified atom stereocenters. The second kappa shape index (κ2) is 5.42. The average Bonchev–Trinajstić information content (AvgIpc) is 2.92. The summed E-state index contributed by atoms with van der Waals surface area (Å²) in [4.78, 5) is 11.2.